The minimum absolute atomic E-state index is 0.299. The fourth-order valence-corrected chi connectivity index (χ4v) is 4.66. The zero-order chi connectivity index (χ0) is 18.1. The smallest absolute Gasteiger partial charge is 0.341 e. The van der Waals surface area contributed by atoms with E-state index in [1.54, 1.807) is 10.7 Å². The van der Waals surface area contributed by atoms with Crippen molar-refractivity contribution in [2.75, 3.05) is 12.4 Å². The van der Waals surface area contributed by atoms with Crippen molar-refractivity contribution in [1.82, 2.24) is 9.78 Å². The molecule has 134 valence electrons. The van der Waals surface area contributed by atoms with Crippen LogP contribution in [0.4, 0.5) is 5.00 Å². The number of hydrogen-bond donors (Lipinski definition) is 1. The summed E-state index contributed by atoms with van der Waals surface area (Å²) < 4.78 is 6.73. The molecule has 1 atom stereocenters. The molecule has 0 saturated heterocycles. The van der Waals surface area contributed by atoms with Gasteiger partial charge in [0.05, 0.1) is 12.7 Å². The summed E-state index contributed by atoms with van der Waals surface area (Å²) in [6.45, 7) is 6.81. The van der Waals surface area contributed by atoms with Crippen molar-refractivity contribution < 1.29 is 14.3 Å². The molecule has 7 heteroatoms. The van der Waals surface area contributed by atoms with Crippen LogP contribution in [0.1, 0.15) is 57.2 Å². The molecule has 1 N–H and O–H groups in total. The van der Waals surface area contributed by atoms with Gasteiger partial charge in [0.25, 0.3) is 5.91 Å². The fraction of sp³-hybridized carbons (Fsp3) is 0.500. The van der Waals surface area contributed by atoms with Crippen molar-refractivity contribution in [2.45, 2.75) is 46.6 Å². The number of methoxy groups -OCH3 is 1. The van der Waals surface area contributed by atoms with E-state index in [-0.39, 0.29) is 5.91 Å². The number of esters is 1. The summed E-state index contributed by atoms with van der Waals surface area (Å²) in [5, 5.41) is 7.76. The first-order valence-electron chi connectivity index (χ1n) is 8.53. The highest BCUT2D eigenvalue weighted by atomic mass is 32.1. The molecule has 0 unspecified atom stereocenters. The van der Waals surface area contributed by atoms with Crippen LogP contribution in [0.15, 0.2) is 6.07 Å². The number of aryl methyl sites for hydroxylation is 2. The van der Waals surface area contributed by atoms with Gasteiger partial charge >= 0.3 is 5.97 Å². The molecule has 0 aromatic carbocycles. The molecule has 3 rings (SSSR count). The Morgan fingerprint density at radius 3 is 2.88 bits per heavy atom. The number of amides is 1. The third kappa shape index (κ3) is 3.33. The van der Waals surface area contributed by atoms with Crippen LogP contribution < -0.4 is 5.32 Å². The van der Waals surface area contributed by atoms with E-state index in [4.69, 9.17) is 4.74 Å². The number of rotatable bonds is 4. The summed E-state index contributed by atoms with van der Waals surface area (Å²) in [7, 11) is 1.37. The number of carbonyl (C=O) groups excluding carboxylic acids is 2. The number of ether oxygens (including phenoxy) is 1. The molecule has 6 nitrogen and oxygen atoms in total. The third-order valence-corrected chi connectivity index (χ3v) is 5.81. The molecule has 0 spiro atoms. The lowest BCUT2D eigenvalue weighted by Crippen LogP contribution is -2.16. The third-order valence-electron chi connectivity index (χ3n) is 4.64. The molecule has 1 aliphatic carbocycles. The number of thiophene rings is 1. The van der Waals surface area contributed by atoms with Gasteiger partial charge in [-0.3, -0.25) is 9.48 Å². The number of anilines is 1. The molecule has 0 fully saturated rings. The first kappa shape index (κ1) is 17.7. The Hall–Kier alpha value is -2.15. The minimum atomic E-state index is -0.391. The van der Waals surface area contributed by atoms with Gasteiger partial charge in [-0.05, 0) is 50.7 Å². The van der Waals surface area contributed by atoms with Gasteiger partial charge in [-0.1, -0.05) is 6.92 Å². The number of nitrogens with one attached hydrogen (secondary N) is 1. The van der Waals surface area contributed by atoms with Gasteiger partial charge in [-0.2, -0.15) is 5.10 Å². The molecule has 0 saturated carbocycles. The van der Waals surface area contributed by atoms with Crippen LogP contribution in [-0.4, -0.2) is 28.8 Å². The zero-order valence-electron chi connectivity index (χ0n) is 15.0. The number of fused-ring (bicyclic) bond motifs is 1. The van der Waals surface area contributed by atoms with Crippen molar-refractivity contribution in [3.8, 4) is 0 Å². The molecule has 0 radical (unpaired) electrons. The second-order valence-corrected chi connectivity index (χ2v) is 7.59. The monoisotopic (exact) mass is 361 g/mol. The molecule has 2 aromatic rings. The van der Waals surface area contributed by atoms with Gasteiger partial charge in [0.2, 0.25) is 0 Å². The molecular formula is C18H23N3O3S. The zero-order valence-corrected chi connectivity index (χ0v) is 15.8. The highest BCUT2D eigenvalue weighted by Crippen LogP contribution is 2.40. The lowest BCUT2D eigenvalue weighted by Gasteiger charge is -2.18. The maximum absolute atomic E-state index is 12.6. The lowest BCUT2D eigenvalue weighted by molar-refractivity contribution is 0.0601. The molecule has 1 amide bonds. The SMILES string of the molecule is CCn1nc(C(=O)Nc2sc3c(c2C(=O)OC)CC[C@@H](C)C3)cc1C. The van der Waals surface area contributed by atoms with Crippen LogP contribution in [0.2, 0.25) is 0 Å². The second-order valence-electron chi connectivity index (χ2n) is 6.49. The quantitative estimate of drug-likeness (QED) is 0.847. The van der Waals surface area contributed by atoms with E-state index < -0.39 is 5.97 Å². The Morgan fingerprint density at radius 1 is 1.48 bits per heavy atom. The van der Waals surface area contributed by atoms with Gasteiger partial charge in [0, 0.05) is 17.1 Å². The Bertz CT molecular complexity index is 822. The van der Waals surface area contributed by atoms with Gasteiger partial charge in [-0.25, -0.2) is 4.79 Å². The van der Waals surface area contributed by atoms with E-state index in [9.17, 15) is 9.59 Å². The molecular weight excluding hydrogens is 338 g/mol. The first-order valence-corrected chi connectivity index (χ1v) is 9.34. The van der Waals surface area contributed by atoms with Crippen LogP contribution in [-0.2, 0) is 24.1 Å². The van der Waals surface area contributed by atoms with Gasteiger partial charge in [0.1, 0.15) is 5.00 Å². The summed E-state index contributed by atoms with van der Waals surface area (Å²) >= 11 is 1.48. The lowest BCUT2D eigenvalue weighted by atomic mass is 9.88. The second kappa shape index (κ2) is 7.00. The molecule has 0 bridgehead atoms. The number of hydrogen-bond acceptors (Lipinski definition) is 5. The van der Waals surface area contributed by atoms with E-state index in [1.165, 1.54) is 23.3 Å². The molecule has 0 aliphatic heterocycles. The van der Waals surface area contributed by atoms with Gasteiger partial charge in [0.15, 0.2) is 5.69 Å². The van der Waals surface area contributed by atoms with Crippen molar-refractivity contribution in [3.63, 3.8) is 0 Å². The topological polar surface area (TPSA) is 73.2 Å². The van der Waals surface area contributed by atoms with Crippen LogP contribution in [0, 0.1) is 12.8 Å². The molecule has 2 aromatic heterocycles. The van der Waals surface area contributed by atoms with E-state index >= 15 is 0 Å². The standard InChI is InChI=1S/C18H23N3O3S/c1-5-21-11(3)9-13(20-21)16(22)19-17-15(18(23)24-4)12-7-6-10(2)8-14(12)25-17/h9-10H,5-8H2,1-4H3,(H,19,22)/t10-/m1/s1. The number of carbonyl (C=O) groups is 2. The normalized spacial score (nSPS) is 16.4. The maximum Gasteiger partial charge on any atom is 0.341 e. The minimum Gasteiger partial charge on any atom is -0.465 e. The molecule has 2 heterocycles. The average molecular weight is 361 g/mol. The predicted octanol–water partition coefficient (Wildman–Crippen LogP) is 3.44. The summed E-state index contributed by atoms with van der Waals surface area (Å²) in [6.07, 6.45) is 2.82. The van der Waals surface area contributed by atoms with E-state index in [2.05, 4.69) is 17.3 Å². The summed E-state index contributed by atoms with van der Waals surface area (Å²) in [6, 6.07) is 1.76. The number of nitrogens with zero attached hydrogens (tertiary/aromatic N) is 2. The number of aromatic nitrogens is 2. The van der Waals surface area contributed by atoms with Crippen molar-refractivity contribution in [1.29, 1.82) is 0 Å². The van der Waals surface area contributed by atoms with E-state index in [0.717, 1.165) is 30.5 Å². The molecule has 1 aliphatic rings. The Kier molecular flexibility index (Phi) is 4.94. The van der Waals surface area contributed by atoms with Crippen LogP contribution in [0.25, 0.3) is 0 Å². The Balaban J connectivity index is 1.93. The predicted molar refractivity (Wildman–Crippen MR) is 97.4 cm³/mol. The van der Waals surface area contributed by atoms with Crippen LogP contribution in [0.3, 0.4) is 0 Å². The van der Waals surface area contributed by atoms with Crippen LogP contribution in [0.5, 0.6) is 0 Å². The van der Waals surface area contributed by atoms with Gasteiger partial charge in [-0.15, -0.1) is 11.3 Å². The largest absolute Gasteiger partial charge is 0.465 e. The summed E-state index contributed by atoms with van der Waals surface area (Å²) in [5.41, 5.74) is 2.82. The fourth-order valence-electron chi connectivity index (χ4n) is 3.27. The molecule has 25 heavy (non-hydrogen) atoms. The average Bonchev–Trinajstić information content (AvgIpc) is 3.13. The first-order chi connectivity index (χ1) is 11.9. The van der Waals surface area contributed by atoms with Crippen molar-refractivity contribution >= 4 is 28.2 Å². The Labute approximate surface area is 151 Å². The summed E-state index contributed by atoms with van der Waals surface area (Å²) in [4.78, 5) is 26.1. The Morgan fingerprint density at radius 2 is 2.24 bits per heavy atom. The van der Waals surface area contributed by atoms with Crippen molar-refractivity contribution in [3.05, 3.63) is 33.5 Å². The van der Waals surface area contributed by atoms with E-state index in [0.29, 0.717) is 28.7 Å². The summed E-state index contributed by atoms with van der Waals surface area (Å²) in [5.74, 6) is -0.104. The highest BCUT2D eigenvalue weighted by Gasteiger charge is 2.29. The highest BCUT2D eigenvalue weighted by molar-refractivity contribution is 7.17. The van der Waals surface area contributed by atoms with Crippen molar-refractivity contribution in [2.24, 2.45) is 5.92 Å². The van der Waals surface area contributed by atoms with Crippen LogP contribution >= 0.6 is 11.3 Å². The maximum atomic E-state index is 12.6. The van der Waals surface area contributed by atoms with E-state index in [1.807, 2.05) is 13.8 Å². The van der Waals surface area contributed by atoms with Gasteiger partial charge < -0.3 is 10.1 Å².